The van der Waals surface area contributed by atoms with Crippen LogP contribution in [0.15, 0.2) is 83.3 Å². The van der Waals surface area contributed by atoms with Crippen molar-refractivity contribution in [3.05, 3.63) is 100 Å². The first-order valence-electron chi connectivity index (χ1n) is 13.3. The molecule has 1 N–H and O–H groups in total. The topological polar surface area (TPSA) is 58.6 Å². The molecule has 0 saturated heterocycles. The van der Waals surface area contributed by atoms with E-state index in [2.05, 4.69) is 48.9 Å². The fraction of sp³-hybridized carbons (Fsp3) is 0.375. The van der Waals surface area contributed by atoms with E-state index >= 15 is 0 Å². The van der Waals surface area contributed by atoms with Gasteiger partial charge in [-0.2, -0.15) is 0 Å². The van der Waals surface area contributed by atoms with Crippen molar-refractivity contribution in [3.8, 4) is 5.75 Å². The minimum atomic E-state index is -0.669. The molecular formula is C32H39BrN2O3. The van der Waals surface area contributed by atoms with E-state index in [0.717, 1.165) is 28.4 Å². The Morgan fingerprint density at radius 2 is 1.58 bits per heavy atom. The predicted octanol–water partition coefficient (Wildman–Crippen LogP) is 6.68. The average molecular weight is 580 g/mol. The lowest BCUT2D eigenvalue weighted by atomic mass is 9.87. The van der Waals surface area contributed by atoms with Crippen LogP contribution in [0.4, 0.5) is 0 Å². The molecule has 3 aromatic carbocycles. The number of unbranched alkanes of at least 4 members (excludes halogenated alkanes) is 1. The molecule has 5 nitrogen and oxygen atoms in total. The second-order valence-electron chi connectivity index (χ2n) is 10.5. The van der Waals surface area contributed by atoms with Gasteiger partial charge in [0.25, 0.3) is 5.91 Å². The molecule has 0 spiro atoms. The second kappa shape index (κ2) is 14.1. The molecule has 0 saturated carbocycles. The molecule has 6 heteroatoms. The number of hydrogen-bond donors (Lipinski definition) is 1. The molecule has 0 fully saturated rings. The summed E-state index contributed by atoms with van der Waals surface area (Å²) in [5.74, 6) is 0.201. The summed E-state index contributed by atoms with van der Waals surface area (Å²) in [7, 11) is 0. The molecule has 0 radical (unpaired) electrons. The molecule has 0 aromatic heterocycles. The van der Waals surface area contributed by atoms with E-state index in [9.17, 15) is 9.59 Å². The van der Waals surface area contributed by atoms with Crippen LogP contribution in [-0.2, 0) is 28.0 Å². The number of ether oxygens (including phenoxy) is 1. The van der Waals surface area contributed by atoms with Crippen LogP contribution in [0.1, 0.15) is 57.2 Å². The Morgan fingerprint density at radius 3 is 2.16 bits per heavy atom. The van der Waals surface area contributed by atoms with Crippen molar-refractivity contribution in [1.29, 1.82) is 0 Å². The Labute approximate surface area is 235 Å². The number of nitrogens with zero attached hydrogens (tertiary/aromatic N) is 1. The van der Waals surface area contributed by atoms with E-state index < -0.39 is 6.04 Å². The first-order valence-corrected chi connectivity index (χ1v) is 14.1. The molecule has 0 aliphatic rings. The summed E-state index contributed by atoms with van der Waals surface area (Å²) in [4.78, 5) is 28.8. The van der Waals surface area contributed by atoms with Crippen LogP contribution >= 0.6 is 15.9 Å². The standard InChI is InChI=1S/C32H39BrN2O3/c1-5-6-19-34-31(37)28(20-24-13-9-7-10-14-24)35(22-25-15-11-8-12-16-25)30(36)23-38-29-18-17-26(21-27(29)33)32(2,3)4/h7-18,21,28H,5-6,19-20,22-23H2,1-4H3,(H,34,37). The van der Waals surface area contributed by atoms with Crippen molar-refractivity contribution < 1.29 is 14.3 Å². The van der Waals surface area contributed by atoms with Gasteiger partial charge in [-0.3, -0.25) is 9.59 Å². The zero-order valence-electron chi connectivity index (χ0n) is 22.9. The number of amides is 2. The van der Waals surface area contributed by atoms with Gasteiger partial charge >= 0.3 is 0 Å². The lowest BCUT2D eigenvalue weighted by Gasteiger charge is -2.31. The Morgan fingerprint density at radius 1 is 0.947 bits per heavy atom. The largest absolute Gasteiger partial charge is 0.483 e. The van der Waals surface area contributed by atoms with Crippen molar-refractivity contribution in [2.24, 2.45) is 0 Å². The Balaban J connectivity index is 1.87. The van der Waals surface area contributed by atoms with Crippen LogP contribution in [0.25, 0.3) is 0 Å². The Hall–Kier alpha value is -3.12. The van der Waals surface area contributed by atoms with E-state index in [1.807, 2.05) is 78.9 Å². The molecule has 0 heterocycles. The van der Waals surface area contributed by atoms with Gasteiger partial charge < -0.3 is 15.0 Å². The van der Waals surface area contributed by atoms with E-state index in [1.54, 1.807) is 4.90 Å². The van der Waals surface area contributed by atoms with Crippen LogP contribution in [-0.4, -0.2) is 35.9 Å². The maximum atomic E-state index is 13.7. The molecule has 1 unspecified atom stereocenters. The summed E-state index contributed by atoms with van der Waals surface area (Å²) in [6.45, 7) is 9.26. The number of carbonyl (C=O) groups is 2. The van der Waals surface area contributed by atoms with Gasteiger partial charge in [-0.1, -0.05) is 101 Å². The van der Waals surface area contributed by atoms with Gasteiger partial charge in [0.05, 0.1) is 4.47 Å². The van der Waals surface area contributed by atoms with Gasteiger partial charge in [-0.05, 0) is 56.6 Å². The summed E-state index contributed by atoms with van der Waals surface area (Å²) in [6.07, 6.45) is 2.28. The van der Waals surface area contributed by atoms with Crippen molar-refractivity contribution in [2.75, 3.05) is 13.2 Å². The highest BCUT2D eigenvalue weighted by Gasteiger charge is 2.30. The molecule has 0 bridgehead atoms. The minimum Gasteiger partial charge on any atom is -0.483 e. The van der Waals surface area contributed by atoms with Crippen molar-refractivity contribution in [2.45, 2.75) is 65.0 Å². The van der Waals surface area contributed by atoms with Gasteiger partial charge in [-0.15, -0.1) is 0 Å². The second-order valence-corrected chi connectivity index (χ2v) is 11.4. The summed E-state index contributed by atoms with van der Waals surface area (Å²) in [6, 6.07) is 24.9. The number of halogens is 1. The van der Waals surface area contributed by atoms with E-state index in [-0.39, 0.29) is 23.8 Å². The maximum absolute atomic E-state index is 13.7. The number of hydrogen-bond acceptors (Lipinski definition) is 3. The Kier molecular flexibility index (Phi) is 11.0. The lowest BCUT2D eigenvalue weighted by Crippen LogP contribution is -2.51. The van der Waals surface area contributed by atoms with Gasteiger partial charge in [-0.25, -0.2) is 0 Å². The van der Waals surface area contributed by atoms with Gasteiger partial charge in [0.2, 0.25) is 5.91 Å². The highest BCUT2D eigenvalue weighted by Crippen LogP contribution is 2.31. The van der Waals surface area contributed by atoms with E-state index in [1.165, 1.54) is 5.56 Å². The number of carbonyl (C=O) groups excluding carboxylic acids is 2. The molecule has 0 aliphatic carbocycles. The average Bonchev–Trinajstić information content (AvgIpc) is 2.90. The number of nitrogens with one attached hydrogen (secondary N) is 1. The summed E-state index contributed by atoms with van der Waals surface area (Å²) in [5, 5.41) is 3.05. The molecular weight excluding hydrogens is 540 g/mol. The minimum absolute atomic E-state index is 0.000844. The van der Waals surface area contributed by atoms with Crippen molar-refractivity contribution in [1.82, 2.24) is 10.2 Å². The third-order valence-corrected chi connectivity index (χ3v) is 7.07. The lowest BCUT2D eigenvalue weighted by molar-refractivity contribution is -0.142. The van der Waals surface area contributed by atoms with Crippen LogP contribution < -0.4 is 10.1 Å². The summed E-state index contributed by atoms with van der Waals surface area (Å²) in [5.41, 5.74) is 3.12. The molecule has 202 valence electrons. The van der Waals surface area contributed by atoms with Gasteiger partial charge in [0, 0.05) is 19.5 Å². The normalized spacial score (nSPS) is 12.0. The first kappa shape index (κ1) is 29.4. The van der Waals surface area contributed by atoms with E-state index in [4.69, 9.17) is 4.74 Å². The number of benzene rings is 3. The highest BCUT2D eigenvalue weighted by atomic mass is 79.9. The van der Waals surface area contributed by atoms with Crippen molar-refractivity contribution in [3.63, 3.8) is 0 Å². The predicted molar refractivity (Wildman–Crippen MR) is 157 cm³/mol. The third kappa shape index (κ3) is 8.73. The SMILES string of the molecule is CCCCNC(=O)C(Cc1ccccc1)N(Cc1ccccc1)C(=O)COc1ccc(C(C)(C)C)cc1Br. The molecule has 2 amide bonds. The van der Waals surface area contributed by atoms with Crippen LogP contribution in [0.3, 0.4) is 0 Å². The molecule has 3 rings (SSSR count). The zero-order valence-corrected chi connectivity index (χ0v) is 24.5. The quantitative estimate of drug-likeness (QED) is 0.244. The van der Waals surface area contributed by atoms with E-state index in [0.29, 0.717) is 25.3 Å². The zero-order chi connectivity index (χ0) is 27.5. The fourth-order valence-electron chi connectivity index (χ4n) is 4.15. The van der Waals surface area contributed by atoms with Crippen LogP contribution in [0, 0.1) is 0 Å². The summed E-state index contributed by atoms with van der Waals surface area (Å²) >= 11 is 3.60. The van der Waals surface area contributed by atoms with Gasteiger partial charge in [0.1, 0.15) is 11.8 Å². The summed E-state index contributed by atoms with van der Waals surface area (Å²) < 4.78 is 6.79. The fourth-order valence-corrected chi connectivity index (χ4v) is 4.64. The monoisotopic (exact) mass is 578 g/mol. The maximum Gasteiger partial charge on any atom is 0.261 e. The van der Waals surface area contributed by atoms with Crippen LogP contribution in [0.5, 0.6) is 5.75 Å². The molecule has 38 heavy (non-hydrogen) atoms. The van der Waals surface area contributed by atoms with Gasteiger partial charge in [0.15, 0.2) is 6.61 Å². The molecule has 1 atom stereocenters. The smallest absolute Gasteiger partial charge is 0.261 e. The molecule has 3 aromatic rings. The molecule has 0 aliphatic heterocycles. The first-order chi connectivity index (χ1) is 18.2. The highest BCUT2D eigenvalue weighted by molar-refractivity contribution is 9.10. The Bertz CT molecular complexity index is 1180. The van der Waals surface area contributed by atoms with Crippen LogP contribution in [0.2, 0.25) is 0 Å². The van der Waals surface area contributed by atoms with Crippen molar-refractivity contribution >= 4 is 27.7 Å². The third-order valence-electron chi connectivity index (χ3n) is 6.45. The number of rotatable bonds is 12.